The van der Waals surface area contributed by atoms with Crippen LogP contribution in [0.25, 0.3) is 0 Å². The molecule has 0 aliphatic rings. The summed E-state index contributed by atoms with van der Waals surface area (Å²) < 4.78 is 0. The fourth-order valence-electron chi connectivity index (χ4n) is 1.71. The fraction of sp³-hybridized carbons (Fsp3) is 0.533. The molecule has 1 aromatic rings. The first-order valence-electron chi connectivity index (χ1n) is 6.04. The molecule has 0 aliphatic carbocycles. The van der Waals surface area contributed by atoms with Crippen LogP contribution in [-0.4, -0.2) is 0 Å². The van der Waals surface area contributed by atoms with Crippen molar-refractivity contribution >= 4 is 0 Å². The summed E-state index contributed by atoms with van der Waals surface area (Å²) in [6.45, 7) is 6.81. The van der Waals surface area contributed by atoms with Gasteiger partial charge in [-0.2, -0.15) is 0 Å². The molecule has 1 radical (unpaired) electrons. The lowest BCUT2D eigenvalue weighted by Gasteiger charge is -2.14. The Kier molecular flexibility index (Phi) is 5.45. The first kappa shape index (κ1) is 12.3. The molecular weight excluding hydrogens is 180 g/mol. The Balaban J connectivity index is 2.12. The largest absolute Gasteiger partial charge is 0.0622 e. The Morgan fingerprint density at radius 2 is 1.73 bits per heavy atom. The average molecular weight is 203 g/mol. The van der Waals surface area contributed by atoms with Crippen molar-refractivity contribution in [1.82, 2.24) is 0 Å². The first-order valence-corrected chi connectivity index (χ1v) is 6.04. The zero-order valence-electron chi connectivity index (χ0n) is 10.3. The quantitative estimate of drug-likeness (QED) is 0.590. The summed E-state index contributed by atoms with van der Waals surface area (Å²) in [4.78, 5) is 0. The van der Waals surface area contributed by atoms with Crippen LogP contribution in [0.2, 0.25) is 0 Å². The minimum atomic E-state index is 0.792. The third-order valence-corrected chi connectivity index (χ3v) is 3.18. The van der Waals surface area contributed by atoms with E-state index in [1.54, 1.807) is 5.92 Å². The van der Waals surface area contributed by atoms with Crippen LogP contribution < -0.4 is 0 Å². The van der Waals surface area contributed by atoms with Gasteiger partial charge in [-0.25, -0.2) is 0 Å². The molecule has 0 fully saturated rings. The van der Waals surface area contributed by atoms with Gasteiger partial charge in [0.05, 0.1) is 0 Å². The van der Waals surface area contributed by atoms with Gasteiger partial charge in [-0.3, -0.25) is 0 Å². The maximum atomic E-state index is 2.33. The van der Waals surface area contributed by atoms with E-state index in [1.807, 2.05) is 0 Å². The van der Waals surface area contributed by atoms with Crippen LogP contribution in [0, 0.1) is 11.8 Å². The fourth-order valence-corrected chi connectivity index (χ4v) is 1.71. The number of benzene rings is 1. The second-order valence-electron chi connectivity index (χ2n) is 4.71. The van der Waals surface area contributed by atoms with Gasteiger partial charge >= 0.3 is 0 Å². The van der Waals surface area contributed by atoms with Gasteiger partial charge in [-0.1, -0.05) is 63.9 Å². The number of unbranched alkanes of at least 4 members (excludes halogenated alkanes) is 1. The SMILES string of the molecule is C[C](C)C(C)CCCCc1ccccc1. The smallest absolute Gasteiger partial charge is 0.0275 e. The van der Waals surface area contributed by atoms with E-state index < -0.39 is 0 Å². The molecule has 0 spiro atoms. The minimum Gasteiger partial charge on any atom is -0.0622 e. The van der Waals surface area contributed by atoms with E-state index in [9.17, 15) is 0 Å². The highest BCUT2D eigenvalue weighted by Gasteiger charge is 2.06. The molecule has 1 rings (SSSR count). The molecule has 1 atom stereocenters. The van der Waals surface area contributed by atoms with Gasteiger partial charge < -0.3 is 0 Å². The van der Waals surface area contributed by atoms with Crippen LogP contribution in [-0.2, 0) is 6.42 Å². The summed E-state index contributed by atoms with van der Waals surface area (Å²) in [6.07, 6.45) is 5.24. The number of aryl methyl sites for hydroxylation is 1. The molecule has 0 bridgehead atoms. The van der Waals surface area contributed by atoms with Crippen LogP contribution in [0.3, 0.4) is 0 Å². The Hall–Kier alpha value is -0.780. The van der Waals surface area contributed by atoms with E-state index in [1.165, 1.54) is 31.2 Å². The molecule has 0 nitrogen and oxygen atoms in total. The molecule has 0 aromatic heterocycles. The van der Waals surface area contributed by atoms with E-state index >= 15 is 0 Å². The van der Waals surface area contributed by atoms with E-state index in [0.29, 0.717) is 0 Å². The maximum Gasteiger partial charge on any atom is -0.0275 e. The lowest BCUT2D eigenvalue weighted by atomic mass is 9.92. The van der Waals surface area contributed by atoms with E-state index in [4.69, 9.17) is 0 Å². The molecule has 1 aromatic carbocycles. The van der Waals surface area contributed by atoms with Crippen LogP contribution in [0.4, 0.5) is 0 Å². The molecule has 1 unspecified atom stereocenters. The van der Waals surface area contributed by atoms with E-state index in [0.717, 1.165) is 5.92 Å². The zero-order valence-corrected chi connectivity index (χ0v) is 10.3. The van der Waals surface area contributed by atoms with Gasteiger partial charge in [-0.15, -0.1) is 0 Å². The van der Waals surface area contributed by atoms with Crippen molar-refractivity contribution in [1.29, 1.82) is 0 Å². The minimum absolute atomic E-state index is 0.792. The van der Waals surface area contributed by atoms with Crippen molar-refractivity contribution < 1.29 is 0 Å². The highest BCUT2D eigenvalue weighted by Crippen LogP contribution is 2.19. The van der Waals surface area contributed by atoms with E-state index in [2.05, 4.69) is 51.1 Å². The normalized spacial score (nSPS) is 13.1. The second kappa shape index (κ2) is 6.66. The topological polar surface area (TPSA) is 0 Å². The Labute approximate surface area is 94.7 Å². The van der Waals surface area contributed by atoms with Crippen molar-refractivity contribution in [2.75, 3.05) is 0 Å². The molecule has 0 amide bonds. The standard InChI is InChI=1S/C15H23/c1-13(2)14(3)9-7-8-12-15-10-5-4-6-11-15/h4-6,10-11,14H,7-9,12H2,1-3H3. The summed E-state index contributed by atoms with van der Waals surface area (Å²) in [5, 5.41) is 0. The third kappa shape index (κ3) is 5.01. The molecule has 0 heterocycles. The van der Waals surface area contributed by atoms with Crippen molar-refractivity contribution in [2.24, 2.45) is 5.92 Å². The van der Waals surface area contributed by atoms with Gasteiger partial charge in [0, 0.05) is 0 Å². The molecule has 0 saturated carbocycles. The summed E-state index contributed by atoms with van der Waals surface area (Å²) in [7, 11) is 0. The van der Waals surface area contributed by atoms with Gasteiger partial charge in [0.2, 0.25) is 0 Å². The molecule has 83 valence electrons. The first-order chi connectivity index (χ1) is 7.20. The van der Waals surface area contributed by atoms with Crippen LogP contribution in [0.5, 0.6) is 0 Å². The van der Waals surface area contributed by atoms with Crippen molar-refractivity contribution in [3.05, 3.63) is 41.8 Å². The lowest BCUT2D eigenvalue weighted by Crippen LogP contribution is -2.01. The molecule has 0 N–H and O–H groups in total. The van der Waals surface area contributed by atoms with Crippen LogP contribution >= 0.6 is 0 Å². The van der Waals surface area contributed by atoms with Crippen molar-refractivity contribution in [3.8, 4) is 0 Å². The van der Waals surface area contributed by atoms with Gasteiger partial charge in [0.15, 0.2) is 0 Å². The van der Waals surface area contributed by atoms with Crippen LogP contribution in [0.15, 0.2) is 30.3 Å². The van der Waals surface area contributed by atoms with Gasteiger partial charge in [0.1, 0.15) is 0 Å². The average Bonchev–Trinajstić information content (AvgIpc) is 2.25. The number of hydrogen-bond acceptors (Lipinski definition) is 0. The monoisotopic (exact) mass is 203 g/mol. The lowest BCUT2D eigenvalue weighted by molar-refractivity contribution is 0.513. The molecule has 15 heavy (non-hydrogen) atoms. The summed E-state index contributed by atoms with van der Waals surface area (Å²) in [6, 6.07) is 10.8. The van der Waals surface area contributed by atoms with Gasteiger partial charge in [0.25, 0.3) is 0 Å². The van der Waals surface area contributed by atoms with Crippen molar-refractivity contribution in [2.45, 2.75) is 46.5 Å². The predicted molar refractivity (Wildman–Crippen MR) is 67.8 cm³/mol. The molecule has 0 saturated heterocycles. The highest BCUT2D eigenvalue weighted by atomic mass is 14.1. The molecule has 0 heteroatoms. The zero-order chi connectivity index (χ0) is 11.1. The summed E-state index contributed by atoms with van der Waals surface area (Å²) in [5.41, 5.74) is 1.47. The number of hydrogen-bond donors (Lipinski definition) is 0. The third-order valence-electron chi connectivity index (χ3n) is 3.18. The Bertz CT molecular complexity index is 248. The summed E-state index contributed by atoms with van der Waals surface area (Å²) >= 11 is 0. The number of rotatable bonds is 6. The molecule has 0 aliphatic heterocycles. The predicted octanol–water partition coefficient (Wildman–Crippen LogP) is 4.65. The molecular formula is C15H23. The second-order valence-corrected chi connectivity index (χ2v) is 4.71. The van der Waals surface area contributed by atoms with Gasteiger partial charge in [-0.05, 0) is 30.2 Å². The maximum absolute atomic E-state index is 2.33. The Morgan fingerprint density at radius 1 is 1.07 bits per heavy atom. The van der Waals surface area contributed by atoms with E-state index in [-0.39, 0.29) is 0 Å². The van der Waals surface area contributed by atoms with Crippen molar-refractivity contribution in [3.63, 3.8) is 0 Å². The summed E-state index contributed by atoms with van der Waals surface area (Å²) in [5.74, 6) is 2.36. The van der Waals surface area contributed by atoms with Crippen LogP contribution in [0.1, 0.15) is 45.6 Å². The highest BCUT2D eigenvalue weighted by molar-refractivity contribution is 5.14. The Morgan fingerprint density at radius 3 is 2.33 bits per heavy atom.